The summed E-state index contributed by atoms with van der Waals surface area (Å²) in [7, 11) is 2.96. The Morgan fingerprint density at radius 3 is 2.45 bits per heavy atom. The molecule has 9 heteroatoms. The lowest BCUT2D eigenvalue weighted by atomic mass is 9.87. The first-order valence-electron chi connectivity index (χ1n) is 9.29. The number of nitrogens with one attached hydrogen (secondary N) is 1. The molecule has 31 heavy (non-hydrogen) atoms. The molecule has 0 unspecified atom stereocenters. The molecule has 1 aliphatic heterocycles. The predicted molar refractivity (Wildman–Crippen MR) is 107 cm³/mol. The summed E-state index contributed by atoms with van der Waals surface area (Å²) < 4.78 is 40.0. The van der Waals surface area contributed by atoms with Crippen LogP contribution >= 0.6 is 0 Å². The van der Waals surface area contributed by atoms with E-state index >= 15 is 0 Å². The third-order valence-corrected chi connectivity index (χ3v) is 5.20. The third-order valence-electron chi connectivity index (χ3n) is 5.20. The smallest absolute Gasteiger partial charge is 0.339 e. The second-order valence-electron chi connectivity index (χ2n) is 7.02. The number of carbonyl (C=O) groups is 2. The molecule has 160 valence electrons. The lowest BCUT2D eigenvalue weighted by molar-refractivity contribution is -0.116. The Labute approximate surface area is 175 Å². The number of carboxylic acids is 1. The molecule has 0 saturated heterocycles. The van der Waals surface area contributed by atoms with Gasteiger partial charge in [0.2, 0.25) is 5.91 Å². The number of benzene rings is 2. The van der Waals surface area contributed by atoms with Crippen LogP contribution in [0.2, 0.25) is 0 Å². The fraction of sp³-hybridized carbons (Fsp3) is 0.182. The molecule has 3 aromatic rings. The van der Waals surface area contributed by atoms with Crippen molar-refractivity contribution in [1.29, 1.82) is 0 Å². The monoisotopic (exact) mass is 428 g/mol. The number of aromatic nitrogens is 1. The first-order chi connectivity index (χ1) is 14.8. The average molecular weight is 428 g/mol. The number of carboxylic acid groups (broad SMARTS) is 1. The number of methoxy groups -OCH3 is 2. The van der Waals surface area contributed by atoms with Gasteiger partial charge in [0.1, 0.15) is 28.7 Å². The molecule has 1 amide bonds. The summed E-state index contributed by atoms with van der Waals surface area (Å²) in [5.41, 5.74) is 0.909. The van der Waals surface area contributed by atoms with Crippen molar-refractivity contribution in [2.24, 2.45) is 0 Å². The molecular weight excluding hydrogens is 410 g/mol. The Morgan fingerprint density at radius 2 is 1.84 bits per heavy atom. The normalized spacial score (nSPS) is 15.2. The minimum absolute atomic E-state index is 0.0304. The summed E-state index contributed by atoms with van der Waals surface area (Å²) in [5, 5.41) is 12.3. The molecule has 1 atom stereocenters. The molecule has 2 aromatic carbocycles. The molecule has 7 nitrogen and oxygen atoms in total. The van der Waals surface area contributed by atoms with Crippen molar-refractivity contribution in [3.8, 4) is 17.2 Å². The summed E-state index contributed by atoms with van der Waals surface area (Å²) >= 11 is 0. The Hall–Kier alpha value is -3.88. The zero-order valence-electron chi connectivity index (χ0n) is 16.6. The van der Waals surface area contributed by atoms with Crippen LogP contribution in [0.25, 0.3) is 5.69 Å². The zero-order chi connectivity index (χ0) is 22.3. The van der Waals surface area contributed by atoms with Gasteiger partial charge in [-0.25, -0.2) is 13.6 Å². The number of rotatable bonds is 5. The van der Waals surface area contributed by atoms with Gasteiger partial charge in [0.15, 0.2) is 0 Å². The number of ether oxygens (including phenoxy) is 2. The van der Waals surface area contributed by atoms with Gasteiger partial charge in [-0.2, -0.15) is 0 Å². The molecule has 0 fully saturated rings. The summed E-state index contributed by atoms with van der Waals surface area (Å²) in [6.07, 6.45) is 1.21. The van der Waals surface area contributed by atoms with E-state index in [1.54, 1.807) is 18.2 Å². The molecule has 0 aliphatic carbocycles. The highest BCUT2D eigenvalue weighted by Gasteiger charge is 2.36. The Kier molecular flexibility index (Phi) is 5.10. The zero-order valence-corrected chi connectivity index (χ0v) is 16.6. The highest BCUT2D eigenvalue weighted by molar-refractivity contribution is 6.04. The SMILES string of the molecule is COc1ccc(OC)c([C@H]2CC(=O)Nc3c(C(=O)O)cn(-c4cc(F)cc(F)c4)c32)c1. The number of anilines is 1. The van der Waals surface area contributed by atoms with Crippen LogP contribution in [-0.4, -0.2) is 35.8 Å². The highest BCUT2D eigenvalue weighted by atomic mass is 19.1. The standard InChI is InChI=1S/C22H18F2N2O5/c1-30-14-3-4-18(31-2)15(8-14)16-9-19(27)25-20-17(22(28)29)10-26(21(16)20)13-6-11(23)5-12(24)7-13/h3-8,10,16H,9H2,1-2H3,(H,25,27)(H,28,29)/t16-/m1/s1. The lowest BCUT2D eigenvalue weighted by Crippen LogP contribution is -2.26. The van der Waals surface area contributed by atoms with Crippen molar-refractivity contribution in [3.63, 3.8) is 0 Å². The third kappa shape index (κ3) is 3.58. The lowest BCUT2D eigenvalue weighted by Gasteiger charge is -2.27. The van der Waals surface area contributed by atoms with Crippen molar-refractivity contribution in [1.82, 2.24) is 4.57 Å². The number of hydrogen-bond acceptors (Lipinski definition) is 4. The van der Waals surface area contributed by atoms with Crippen molar-refractivity contribution in [2.45, 2.75) is 12.3 Å². The Bertz CT molecular complexity index is 1180. The van der Waals surface area contributed by atoms with Gasteiger partial charge < -0.3 is 24.5 Å². The largest absolute Gasteiger partial charge is 0.497 e. The summed E-state index contributed by atoms with van der Waals surface area (Å²) in [4.78, 5) is 24.4. The highest BCUT2D eigenvalue weighted by Crippen LogP contribution is 2.45. The van der Waals surface area contributed by atoms with Crippen LogP contribution in [0.1, 0.15) is 34.0 Å². The van der Waals surface area contributed by atoms with Gasteiger partial charge in [-0.15, -0.1) is 0 Å². The predicted octanol–water partition coefficient (Wildman–Crippen LogP) is 3.95. The van der Waals surface area contributed by atoms with Crippen LogP contribution in [-0.2, 0) is 4.79 Å². The fourth-order valence-electron chi connectivity index (χ4n) is 3.89. The van der Waals surface area contributed by atoms with Gasteiger partial charge in [0, 0.05) is 30.2 Å². The van der Waals surface area contributed by atoms with Crippen LogP contribution in [0.15, 0.2) is 42.6 Å². The van der Waals surface area contributed by atoms with Crippen LogP contribution in [0, 0.1) is 11.6 Å². The Morgan fingerprint density at radius 1 is 1.13 bits per heavy atom. The van der Waals surface area contributed by atoms with Gasteiger partial charge in [-0.3, -0.25) is 4.79 Å². The first kappa shape index (κ1) is 20.4. The maximum atomic E-state index is 13.9. The van der Waals surface area contributed by atoms with Gasteiger partial charge in [-0.1, -0.05) is 0 Å². The number of aromatic carboxylic acids is 1. The van der Waals surface area contributed by atoms with E-state index in [1.165, 1.54) is 25.0 Å². The molecule has 2 heterocycles. The van der Waals surface area contributed by atoms with Crippen LogP contribution < -0.4 is 14.8 Å². The van der Waals surface area contributed by atoms with E-state index in [9.17, 15) is 23.5 Å². The summed E-state index contributed by atoms with van der Waals surface area (Å²) in [5.74, 6) is -3.00. The molecule has 1 aromatic heterocycles. The van der Waals surface area contributed by atoms with E-state index in [1.807, 2.05) is 0 Å². The van der Waals surface area contributed by atoms with Gasteiger partial charge >= 0.3 is 5.97 Å². The van der Waals surface area contributed by atoms with E-state index in [-0.39, 0.29) is 23.4 Å². The van der Waals surface area contributed by atoms with E-state index in [2.05, 4.69) is 5.32 Å². The van der Waals surface area contributed by atoms with Crippen LogP contribution in [0.3, 0.4) is 0 Å². The fourth-order valence-corrected chi connectivity index (χ4v) is 3.89. The van der Waals surface area contributed by atoms with Crippen molar-refractivity contribution in [3.05, 3.63) is 71.1 Å². The molecular formula is C22H18F2N2O5. The van der Waals surface area contributed by atoms with Crippen LogP contribution in [0.5, 0.6) is 11.5 Å². The molecule has 0 bridgehead atoms. The minimum atomic E-state index is -1.29. The Balaban J connectivity index is 2.02. The molecule has 0 spiro atoms. The van der Waals surface area contributed by atoms with Crippen molar-refractivity contribution in [2.75, 3.05) is 19.5 Å². The summed E-state index contributed by atoms with van der Waals surface area (Å²) in [6.45, 7) is 0. The quantitative estimate of drug-likeness (QED) is 0.643. The summed E-state index contributed by atoms with van der Waals surface area (Å²) in [6, 6.07) is 7.96. The number of nitrogens with zero attached hydrogens (tertiary/aromatic N) is 1. The van der Waals surface area contributed by atoms with Gasteiger partial charge in [-0.05, 0) is 30.3 Å². The van der Waals surface area contributed by atoms with E-state index in [0.29, 0.717) is 22.8 Å². The molecule has 2 N–H and O–H groups in total. The van der Waals surface area contributed by atoms with Gasteiger partial charge in [0.25, 0.3) is 0 Å². The number of hydrogen-bond donors (Lipinski definition) is 2. The first-order valence-corrected chi connectivity index (χ1v) is 9.29. The number of carbonyl (C=O) groups excluding carboxylic acids is 1. The molecule has 0 radical (unpaired) electrons. The number of halogens is 2. The van der Waals surface area contributed by atoms with Crippen LogP contribution in [0.4, 0.5) is 14.5 Å². The second-order valence-corrected chi connectivity index (χ2v) is 7.02. The molecule has 1 aliphatic rings. The van der Waals surface area contributed by atoms with Gasteiger partial charge in [0.05, 0.1) is 31.3 Å². The topological polar surface area (TPSA) is 89.8 Å². The maximum Gasteiger partial charge on any atom is 0.339 e. The second kappa shape index (κ2) is 7.75. The van der Waals surface area contributed by atoms with E-state index < -0.39 is 29.4 Å². The average Bonchev–Trinajstić information content (AvgIpc) is 3.11. The molecule has 0 saturated carbocycles. The molecule has 4 rings (SSSR count). The number of amides is 1. The number of fused-ring (bicyclic) bond motifs is 1. The van der Waals surface area contributed by atoms with Crippen molar-refractivity contribution < 1.29 is 33.0 Å². The minimum Gasteiger partial charge on any atom is -0.497 e. The van der Waals surface area contributed by atoms with E-state index in [4.69, 9.17) is 9.47 Å². The maximum absolute atomic E-state index is 13.9. The van der Waals surface area contributed by atoms with Crippen molar-refractivity contribution >= 4 is 17.6 Å². The van der Waals surface area contributed by atoms with E-state index in [0.717, 1.165) is 18.2 Å².